The van der Waals surface area contributed by atoms with E-state index in [1.165, 1.54) is 4.68 Å². The maximum absolute atomic E-state index is 12.6. The van der Waals surface area contributed by atoms with Crippen molar-refractivity contribution in [2.24, 2.45) is 0 Å². The fourth-order valence-electron chi connectivity index (χ4n) is 1.21. The van der Waals surface area contributed by atoms with Gasteiger partial charge in [0.2, 0.25) is 0 Å². The smallest absolute Gasteiger partial charge is 0.181 e. The fourth-order valence-corrected chi connectivity index (χ4v) is 1.21. The highest BCUT2D eigenvalue weighted by atomic mass is 19.1. The molecule has 0 saturated heterocycles. The molecule has 18 heavy (non-hydrogen) atoms. The molecule has 96 valence electrons. The SMILES string of the molecule is COCCOCn1cc(-c2ncc(F)cn2)nn1. The number of ether oxygens (including phenoxy) is 2. The largest absolute Gasteiger partial charge is 0.382 e. The molecule has 2 rings (SSSR count). The zero-order chi connectivity index (χ0) is 12.8. The van der Waals surface area contributed by atoms with Gasteiger partial charge >= 0.3 is 0 Å². The maximum atomic E-state index is 12.6. The van der Waals surface area contributed by atoms with Gasteiger partial charge in [0.15, 0.2) is 11.6 Å². The van der Waals surface area contributed by atoms with E-state index in [2.05, 4.69) is 20.3 Å². The Labute approximate surface area is 103 Å². The summed E-state index contributed by atoms with van der Waals surface area (Å²) in [6.07, 6.45) is 3.78. The molecule has 0 radical (unpaired) electrons. The van der Waals surface area contributed by atoms with Gasteiger partial charge in [-0.2, -0.15) is 0 Å². The molecule has 0 fully saturated rings. The summed E-state index contributed by atoms with van der Waals surface area (Å²) in [5.41, 5.74) is 0.463. The lowest BCUT2D eigenvalue weighted by molar-refractivity contribution is 0.0281. The van der Waals surface area contributed by atoms with Gasteiger partial charge in [-0.3, -0.25) is 0 Å². The number of aromatic nitrogens is 5. The Morgan fingerprint density at radius 3 is 2.78 bits per heavy atom. The minimum absolute atomic E-state index is 0.261. The molecule has 0 aromatic carbocycles. The average molecular weight is 253 g/mol. The lowest BCUT2D eigenvalue weighted by Gasteiger charge is -2.01. The van der Waals surface area contributed by atoms with Crippen molar-refractivity contribution in [3.8, 4) is 11.5 Å². The van der Waals surface area contributed by atoms with Crippen LogP contribution < -0.4 is 0 Å². The van der Waals surface area contributed by atoms with E-state index in [4.69, 9.17) is 9.47 Å². The molecule has 0 N–H and O–H groups in total. The highest BCUT2D eigenvalue weighted by Crippen LogP contribution is 2.09. The van der Waals surface area contributed by atoms with Crippen LogP contribution in [0.25, 0.3) is 11.5 Å². The quantitative estimate of drug-likeness (QED) is 0.698. The van der Waals surface area contributed by atoms with Crippen LogP contribution in [-0.2, 0) is 16.2 Å². The van der Waals surface area contributed by atoms with Crippen molar-refractivity contribution >= 4 is 0 Å². The maximum Gasteiger partial charge on any atom is 0.181 e. The third-order valence-electron chi connectivity index (χ3n) is 2.04. The van der Waals surface area contributed by atoms with Crippen molar-refractivity contribution in [2.75, 3.05) is 20.3 Å². The molecule has 0 aliphatic rings. The summed E-state index contributed by atoms with van der Waals surface area (Å²) in [4.78, 5) is 7.62. The number of nitrogens with zero attached hydrogens (tertiary/aromatic N) is 5. The first-order valence-electron chi connectivity index (χ1n) is 5.24. The summed E-state index contributed by atoms with van der Waals surface area (Å²) in [6.45, 7) is 1.25. The van der Waals surface area contributed by atoms with Crippen LogP contribution in [0.4, 0.5) is 4.39 Å². The third kappa shape index (κ3) is 3.28. The number of rotatable bonds is 6. The molecule has 7 nitrogen and oxygen atoms in total. The van der Waals surface area contributed by atoms with Crippen LogP contribution >= 0.6 is 0 Å². The first-order valence-corrected chi connectivity index (χ1v) is 5.24. The lowest BCUT2D eigenvalue weighted by atomic mass is 10.4. The van der Waals surface area contributed by atoms with Crippen LogP contribution in [0.1, 0.15) is 0 Å². The van der Waals surface area contributed by atoms with E-state index >= 15 is 0 Å². The minimum Gasteiger partial charge on any atom is -0.382 e. The summed E-state index contributed by atoms with van der Waals surface area (Å²) >= 11 is 0. The summed E-state index contributed by atoms with van der Waals surface area (Å²) in [5, 5.41) is 7.71. The van der Waals surface area contributed by atoms with E-state index in [0.717, 1.165) is 12.4 Å². The van der Waals surface area contributed by atoms with Crippen molar-refractivity contribution < 1.29 is 13.9 Å². The van der Waals surface area contributed by atoms with Crippen LogP contribution in [0.15, 0.2) is 18.6 Å². The molecular formula is C10H12FN5O2. The Balaban J connectivity index is 1.95. The summed E-state index contributed by atoms with van der Waals surface area (Å²) in [5.74, 6) is -0.173. The number of methoxy groups -OCH3 is 1. The summed E-state index contributed by atoms with van der Waals surface area (Å²) in [6, 6.07) is 0. The van der Waals surface area contributed by atoms with Crippen LogP contribution in [-0.4, -0.2) is 45.3 Å². The Morgan fingerprint density at radius 2 is 2.06 bits per heavy atom. The second-order valence-corrected chi connectivity index (χ2v) is 3.40. The Kier molecular flexibility index (Phi) is 4.26. The zero-order valence-corrected chi connectivity index (χ0v) is 9.78. The van der Waals surface area contributed by atoms with Crippen molar-refractivity contribution in [3.05, 3.63) is 24.4 Å². The number of hydrogen-bond donors (Lipinski definition) is 0. The lowest BCUT2D eigenvalue weighted by Crippen LogP contribution is -2.07. The van der Waals surface area contributed by atoms with Gasteiger partial charge in [0.25, 0.3) is 0 Å². The van der Waals surface area contributed by atoms with E-state index in [1.54, 1.807) is 13.3 Å². The molecule has 0 unspecified atom stereocenters. The molecular weight excluding hydrogens is 241 g/mol. The summed E-state index contributed by atoms with van der Waals surface area (Å²) in [7, 11) is 1.60. The monoisotopic (exact) mass is 253 g/mol. The Bertz CT molecular complexity index is 487. The standard InChI is InChI=1S/C10H12FN5O2/c1-17-2-3-18-7-16-6-9(14-15-16)10-12-4-8(11)5-13-10/h4-6H,2-3,7H2,1H3. The number of halogens is 1. The van der Waals surface area contributed by atoms with Gasteiger partial charge in [-0.25, -0.2) is 19.0 Å². The molecule has 0 bridgehead atoms. The van der Waals surface area contributed by atoms with Gasteiger partial charge in [-0.1, -0.05) is 5.21 Å². The Morgan fingerprint density at radius 1 is 1.28 bits per heavy atom. The first kappa shape index (κ1) is 12.5. The van der Waals surface area contributed by atoms with Crippen LogP contribution in [0.3, 0.4) is 0 Å². The molecule has 0 saturated carbocycles. The van der Waals surface area contributed by atoms with Crippen molar-refractivity contribution in [1.29, 1.82) is 0 Å². The fraction of sp³-hybridized carbons (Fsp3) is 0.400. The molecule has 8 heteroatoms. The van der Waals surface area contributed by atoms with Crippen LogP contribution in [0.2, 0.25) is 0 Å². The highest BCUT2D eigenvalue weighted by Gasteiger charge is 2.06. The average Bonchev–Trinajstić information content (AvgIpc) is 2.84. The minimum atomic E-state index is -0.492. The van der Waals surface area contributed by atoms with Gasteiger partial charge in [0.05, 0.1) is 31.8 Å². The van der Waals surface area contributed by atoms with Gasteiger partial charge in [0, 0.05) is 7.11 Å². The van der Waals surface area contributed by atoms with Crippen molar-refractivity contribution in [1.82, 2.24) is 25.0 Å². The topological polar surface area (TPSA) is 75.0 Å². The molecule has 0 amide bonds. The highest BCUT2D eigenvalue weighted by molar-refractivity contribution is 5.45. The van der Waals surface area contributed by atoms with E-state index in [0.29, 0.717) is 24.7 Å². The molecule has 0 atom stereocenters. The predicted octanol–water partition coefficient (Wildman–Crippen LogP) is 0.495. The first-order chi connectivity index (χ1) is 8.79. The molecule has 0 spiro atoms. The predicted molar refractivity (Wildman–Crippen MR) is 58.8 cm³/mol. The summed E-state index contributed by atoms with van der Waals surface area (Å²) < 4.78 is 24.2. The van der Waals surface area contributed by atoms with E-state index in [9.17, 15) is 4.39 Å². The molecule has 0 aliphatic heterocycles. The zero-order valence-electron chi connectivity index (χ0n) is 9.78. The van der Waals surface area contributed by atoms with Gasteiger partial charge in [-0.05, 0) is 0 Å². The molecule has 2 heterocycles. The molecule has 0 aliphatic carbocycles. The van der Waals surface area contributed by atoms with Crippen LogP contribution in [0.5, 0.6) is 0 Å². The molecule has 2 aromatic heterocycles. The normalized spacial score (nSPS) is 10.8. The second kappa shape index (κ2) is 6.12. The van der Waals surface area contributed by atoms with E-state index in [-0.39, 0.29) is 6.73 Å². The second-order valence-electron chi connectivity index (χ2n) is 3.40. The van der Waals surface area contributed by atoms with Crippen LogP contribution in [0, 0.1) is 5.82 Å². The van der Waals surface area contributed by atoms with Gasteiger partial charge in [0.1, 0.15) is 12.4 Å². The van der Waals surface area contributed by atoms with Gasteiger partial charge in [-0.15, -0.1) is 5.10 Å². The van der Waals surface area contributed by atoms with Gasteiger partial charge < -0.3 is 9.47 Å². The number of hydrogen-bond acceptors (Lipinski definition) is 6. The van der Waals surface area contributed by atoms with E-state index < -0.39 is 5.82 Å². The Hall–Kier alpha value is -1.93. The van der Waals surface area contributed by atoms with Crippen molar-refractivity contribution in [2.45, 2.75) is 6.73 Å². The van der Waals surface area contributed by atoms with E-state index in [1.807, 2.05) is 0 Å². The molecule has 2 aromatic rings. The third-order valence-corrected chi connectivity index (χ3v) is 2.04. The van der Waals surface area contributed by atoms with Crippen molar-refractivity contribution in [3.63, 3.8) is 0 Å².